The van der Waals surface area contributed by atoms with E-state index in [0.29, 0.717) is 13.0 Å². The zero-order valence-corrected chi connectivity index (χ0v) is 12.6. The molecule has 1 amide bonds. The first-order valence-corrected chi connectivity index (χ1v) is 7.02. The number of nitrogens with one attached hydrogen (secondary N) is 1. The Hall–Kier alpha value is -2.50. The predicted octanol–water partition coefficient (Wildman–Crippen LogP) is 2.24. The highest BCUT2D eigenvalue weighted by Crippen LogP contribution is 2.15. The van der Waals surface area contributed by atoms with Crippen molar-refractivity contribution in [1.29, 1.82) is 0 Å². The van der Waals surface area contributed by atoms with Crippen LogP contribution >= 0.6 is 0 Å². The lowest BCUT2D eigenvalue weighted by Gasteiger charge is -2.13. The lowest BCUT2D eigenvalue weighted by Crippen LogP contribution is -2.34. The van der Waals surface area contributed by atoms with Gasteiger partial charge in [0.2, 0.25) is 0 Å². The third-order valence-electron chi connectivity index (χ3n) is 2.89. The second-order valence-electron chi connectivity index (χ2n) is 4.58. The quantitative estimate of drug-likeness (QED) is 0.683. The topological polar surface area (TPSA) is 84.9 Å². The number of benzene rings is 1. The maximum atomic E-state index is 11.3. The number of carboxylic acids is 1. The van der Waals surface area contributed by atoms with Crippen LogP contribution < -0.4 is 10.1 Å². The molecule has 1 unspecified atom stereocenters. The molecule has 0 saturated heterocycles. The molecule has 1 rings (SSSR count). The van der Waals surface area contributed by atoms with Gasteiger partial charge in [0.1, 0.15) is 12.4 Å². The van der Waals surface area contributed by atoms with Gasteiger partial charge in [-0.2, -0.15) is 0 Å². The van der Waals surface area contributed by atoms with Crippen molar-refractivity contribution in [2.75, 3.05) is 19.8 Å². The van der Waals surface area contributed by atoms with Crippen molar-refractivity contribution in [2.45, 2.75) is 13.3 Å². The van der Waals surface area contributed by atoms with Crippen LogP contribution in [0.25, 0.3) is 0 Å². The smallest absolute Gasteiger partial charge is 0.407 e. The zero-order valence-electron chi connectivity index (χ0n) is 12.6. The Morgan fingerprint density at radius 2 is 2.05 bits per heavy atom. The number of carbonyl (C=O) groups is 2. The third kappa shape index (κ3) is 6.30. The lowest BCUT2D eigenvalue weighted by atomic mass is 9.99. The van der Waals surface area contributed by atoms with Crippen molar-refractivity contribution in [1.82, 2.24) is 5.32 Å². The van der Waals surface area contributed by atoms with E-state index in [2.05, 4.69) is 11.9 Å². The molecule has 0 saturated carbocycles. The van der Waals surface area contributed by atoms with Gasteiger partial charge in [-0.05, 0) is 31.0 Å². The van der Waals surface area contributed by atoms with E-state index in [9.17, 15) is 14.7 Å². The minimum absolute atomic E-state index is 0.00147. The number of hydrogen-bond acceptors (Lipinski definition) is 4. The van der Waals surface area contributed by atoms with Gasteiger partial charge in [0.25, 0.3) is 0 Å². The van der Waals surface area contributed by atoms with Gasteiger partial charge in [-0.15, -0.1) is 0 Å². The molecular formula is C16H21NO5. The van der Waals surface area contributed by atoms with Gasteiger partial charge in [-0.3, -0.25) is 4.79 Å². The van der Waals surface area contributed by atoms with E-state index in [-0.39, 0.29) is 13.2 Å². The molecule has 0 bridgehead atoms. The molecule has 0 heterocycles. The average Bonchev–Trinajstić information content (AvgIpc) is 2.51. The lowest BCUT2D eigenvalue weighted by molar-refractivity contribution is -0.141. The van der Waals surface area contributed by atoms with Crippen LogP contribution in [0.3, 0.4) is 0 Å². The van der Waals surface area contributed by atoms with E-state index < -0.39 is 18.0 Å². The second kappa shape index (κ2) is 9.44. The summed E-state index contributed by atoms with van der Waals surface area (Å²) in [6, 6.07) is 7.22. The fourth-order valence-corrected chi connectivity index (χ4v) is 1.81. The number of hydrogen-bond donors (Lipinski definition) is 2. The average molecular weight is 307 g/mol. The van der Waals surface area contributed by atoms with Crippen LogP contribution in [0.15, 0.2) is 36.9 Å². The van der Waals surface area contributed by atoms with E-state index in [1.165, 1.54) is 6.08 Å². The molecule has 0 aliphatic rings. The Bertz CT molecular complexity index is 498. The summed E-state index contributed by atoms with van der Waals surface area (Å²) in [5.74, 6) is -0.962. The normalized spacial score (nSPS) is 11.3. The minimum atomic E-state index is -0.974. The van der Waals surface area contributed by atoms with Crippen LogP contribution in [0, 0.1) is 5.92 Å². The van der Waals surface area contributed by atoms with Crippen LogP contribution in [0.2, 0.25) is 0 Å². The summed E-state index contributed by atoms with van der Waals surface area (Å²) in [7, 11) is 0. The van der Waals surface area contributed by atoms with Gasteiger partial charge in [0.05, 0.1) is 12.5 Å². The van der Waals surface area contributed by atoms with Gasteiger partial charge < -0.3 is 19.9 Å². The van der Waals surface area contributed by atoms with Crippen molar-refractivity contribution >= 4 is 12.1 Å². The maximum Gasteiger partial charge on any atom is 0.407 e. The van der Waals surface area contributed by atoms with Gasteiger partial charge in [0.15, 0.2) is 0 Å². The van der Waals surface area contributed by atoms with Crippen LogP contribution in [0.1, 0.15) is 12.5 Å². The number of amides is 1. The summed E-state index contributed by atoms with van der Waals surface area (Å²) >= 11 is 0. The fraction of sp³-hybridized carbons (Fsp3) is 0.375. The van der Waals surface area contributed by atoms with Crippen LogP contribution in [0.4, 0.5) is 4.79 Å². The van der Waals surface area contributed by atoms with E-state index in [1.807, 2.05) is 19.1 Å². The molecule has 0 fully saturated rings. The Balaban J connectivity index is 2.54. The molecule has 22 heavy (non-hydrogen) atoms. The highest BCUT2D eigenvalue weighted by atomic mass is 16.5. The standard InChI is InChI=1S/C16H21NO5/c1-3-9-22-16(20)17-11-13(15(18)19)10-12-5-7-14(8-6-12)21-4-2/h3,5-8,13H,1,4,9-11H2,2H3,(H,17,20)(H,18,19). The molecule has 0 radical (unpaired) electrons. The Morgan fingerprint density at radius 3 is 2.59 bits per heavy atom. The number of carboxylic acid groups (broad SMARTS) is 1. The summed E-state index contributed by atoms with van der Waals surface area (Å²) in [5, 5.41) is 11.7. The van der Waals surface area contributed by atoms with Crippen molar-refractivity contribution in [3.63, 3.8) is 0 Å². The molecule has 1 aromatic rings. The zero-order chi connectivity index (χ0) is 16.4. The maximum absolute atomic E-state index is 11.3. The highest BCUT2D eigenvalue weighted by Gasteiger charge is 2.19. The number of rotatable bonds is 9. The fourth-order valence-electron chi connectivity index (χ4n) is 1.81. The van der Waals surface area contributed by atoms with Crippen LogP contribution in [-0.2, 0) is 16.0 Å². The summed E-state index contributed by atoms with van der Waals surface area (Å²) in [6.45, 7) is 5.98. The largest absolute Gasteiger partial charge is 0.494 e. The Labute approximate surface area is 129 Å². The summed E-state index contributed by atoms with van der Waals surface area (Å²) in [6.07, 6.45) is 1.09. The van der Waals surface area contributed by atoms with E-state index >= 15 is 0 Å². The van der Waals surface area contributed by atoms with Crippen molar-refractivity contribution in [3.05, 3.63) is 42.5 Å². The summed E-state index contributed by atoms with van der Waals surface area (Å²) < 4.78 is 10.1. The van der Waals surface area contributed by atoms with Crippen molar-refractivity contribution < 1.29 is 24.2 Å². The van der Waals surface area contributed by atoms with Gasteiger partial charge >= 0.3 is 12.1 Å². The Morgan fingerprint density at radius 1 is 1.36 bits per heavy atom. The molecule has 0 aliphatic carbocycles. The third-order valence-corrected chi connectivity index (χ3v) is 2.89. The number of ether oxygens (including phenoxy) is 2. The highest BCUT2D eigenvalue weighted by molar-refractivity contribution is 5.73. The molecule has 6 nitrogen and oxygen atoms in total. The van der Waals surface area contributed by atoms with Crippen molar-refractivity contribution in [3.8, 4) is 5.75 Å². The Kier molecular flexibility index (Phi) is 7.53. The van der Waals surface area contributed by atoms with E-state index in [0.717, 1.165) is 11.3 Å². The molecule has 0 aromatic heterocycles. The van der Waals surface area contributed by atoms with E-state index in [1.54, 1.807) is 12.1 Å². The van der Waals surface area contributed by atoms with Crippen molar-refractivity contribution in [2.24, 2.45) is 5.92 Å². The molecule has 0 spiro atoms. The molecule has 1 aromatic carbocycles. The van der Waals surface area contributed by atoms with Gasteiger partial charge in [-0.25, -0.2) is 4.79 Å². The molecule has 120 valence electrons. The van der Waals surface area contributed by atoms with E-state index in [4.69, 9.17) is 9.47 Å². The monoisotopic (exact) mass is 307 g/mol. The SMILES string of the molecule is C=CCOC(=O)NCC(Cc1ccc(OCC)cc1)C(=O)O. The molecule has 0 aliphatic heterocycles. The first-order valence-electron chi connectivity index (χ1n) is 7.02. The molecule has 6 heteroatoms. The van der Waals surface area contributed by atoms with Crippen LogP contribution in [0.5, 0.6) is 5.75 Å². The number of alkyl carbamates (subject to hydrolysis) is 1. The number of carbonyl (C=O) groups excluding carboxylic acids is 1. The molecule has 1 atom stereocenters. The first kappa shape index (κ1) is 17.6. The van der Waals surface area contributed by atoms with Crippen LogP contribution in [-0.4, -0.2) is 36.9 Å². The number of aliphatic carboxylic acids is 1. The molecule has 2 N–H and O–H groups in total. The first-order chi connectivity index (χ1) is 10.6. The predicted molar refractivity (Wildman–Crippen MR) is 82.0 cm³/mol. The molecular weight excluding hydrogens is 286 g/mol. The van der Waals surface area contributed by atoms with Gasteiger partial charge in [-0.1, -0.05) is 24.8 Å². The minimum Gasteiger partial charge on any atom is -0.494 e. The summed E-state index contributed by atoms with van der Waals surface area (Å²) in [4.78, 5) is 22.6. The second-order valence-corrected chi connectivity index (χ2v) is 4.58. The summed E-state index contributed by atoms with van der Waals surface area (Å²) in [5.41, 5.74) is 0.858. The van der Waals surface area contributed by atoms with Gasteiger partial charge in [0, 0.05) is 6.54 Å².